The maximum Gasteiger partial charge on any atom is 0.319 e. The number of phenolic OH excluding ortho intramolecular Hbond substituents is 1. The van der Waals surface area contributed by atoms with Crippen LogP contribution in [-0.4, -0.2) is 90.2 Å². The Kier molecular flexibility index (Phi) is 7.28. The van der Waals surface area contributed by atoms with E-state index in [2.05, 4.69) is 15.8 Å². The van der Waals surface area contributed by atoms with Crippen molar-refractivity contribution in [1.82, 2.24) is 14.9 Å². The van der Waals surface area contributed by atoms with Crippen LogP contribution < -0.4 is 9.64 Å². The van der Waals surface area contributed by atoms with Crippen LogP contribution in [0.1, 0.15) is 37.7 Å². The number of hydrogen-bond acceptors (Lipinski definition) is 9. The van der Waals surface area contributed by atoms with Crippen LogP contribution in [0.25, 0.3) is 32.8 Å². The highest BCUT2D eigenvalue weighted by Gasteiger charge is 2.51. The lowest BCUT2D eigenvalue weighted by Crippen LogP contribution is -2.48. The van der Waals surface area contributed by atoms with Crippen molar-refractivity contribution in [3.8, 4) is 35.2 Å². The van der Waals surface area contributed by atoms with Crippen LogP contribution in [0.5, 0.6) is 11.8 Å². The van der Waals surface area contributed by atoms with E-state index in [1.165, 1.54) is 30.3 Å². The summed E-state index contributed by atoms with van der Waals surface area (Å²) in [5.41, 5.74) is -0.434. The first-order chi connectivity index (χ1) is 23.0. The minimum atomic E-state index is -3.43. The predicted octanol–water partition coefficient (Wildman–Crippen LogP) is 5.11. The first kappa shape index (κ1) is 31.2. The fraction of sp³-hybridized carbons (Fsp3) is 0.429. The molecule has 4 saturated heterocycles. The molecule has 48 heavy (non-hydrogen) atoms. The van der Waals surface area contributed by atoms with E-state index >= 15 is 4.39 Å². The van der Waals surface area contributed by atoms with Crippen molar-refractivity contribution < 1.29 is 36.2 Å². The second kappa shape index (κ2) is 11.2. The molecule has 0 amide bonds. The van der Waals surface area contributed by atoms with Gasteiger partial charge in [-0.05, 0) is 54.6 Å². The lowest BCUT2D eigenvalue weighted by Gasteiger charge is -2.38. The third kappa shape index (κ3) is 4.79. The van der Waals surface area contributed by atoms with E-state index in [0.717, 1.165) is 19.4 Å². The zero-order valence-corrected chi connectivity index (χ0v) is 26.8. The molecule has 4 aliphatic rings. The standard InChI is InChI=1S/C35H33F3N4O5S/c1-2-24-28(37)7-4-21-16-23(43)17-27(29(21)24)25-5-6-26-31(30(25)38)39-33(46-20-34-8-3-11-42(34)19-22(36)18-34)40-32(26)41-12-9-35(10-13-41)47-14-15-48(35,44)45/h1,4-7,16-17,22,43H,3,8-15,18-20H2/t22-,34+/m1/s1. The van der Waals surface area contributed by atoms with Crippen molar-refractivity contribution in [3.63, 3.8) is 0 Å². The smallest absolute Gasteiger partial charge is 0.319 e. The number of aromatic nitrogens is 2. The third-order valence-electron chi connectivity index (χ3n) is 10.6. The summed E-state index contributed by atoms with van der Waals surface area (Å²) < 4.78 is 83.9. The normalized spacial score (nSPS) is 24.8. The highest BCUT2D eigenvalue weighted by molar-refractivity contribution is 7.92. The van der Waals surface area contributed by atoms with Crippen molar-refractivity contribution >= 4 is 37.3 Å². The number of benzene rings is 3. The largest absolute Gasteiger partial charge is 0.508 e. The molecule has 13 heteroatoms. The Morgan fingerprint density at radius 2 is 1.90 bits per heavy atom. The van der Waals surface area contributed by atoms with Gasteiger partial charge < -0.3 is 19.5 Å². The van der Waals surface area contributed by atoms with Crippen LogP contribution in [0.2, 0.25) is 0 Å². The Bertz CT molecular complexity index is 2130. The van der Waals surface area contributed by atoms with Gasteiger partial charge in [0, 0.05) is 55.2 Å². The molecule has 4 aromatic rings. The van der Waals surface area contributed by atoms with E-state index in [4.69, 9.17) is 20.9 Å². The van der Waals surface area contributed by atoms with Gasteiger partial charge in [-0.15, -0.1) is 6.42 Å². The van der Waals surface area contributed by atoms with Gasteiger partial charge in [-0.25, -0.2) is 21.6 Å². The lowest BCUT2D eigenvalue weighted by molar-refractivity contribution is 0.0285. The molecule has 0 radical (unpaired) electrons. The van der Waals surface area contributed by atoms with Gasteiger partial charge in [0.2, 0.25) is 0 Å². The molecule has 4 fully saturated rings. The quantitative estimate of drug-likeness (QED) is 0.289. The summed E-state index contributed by atoms with van der Waals surface area (Å²) in [6.07, 6.45) is 7.13. The van der Waals surface area contributed by atoms with Gasteiger partial charge in [-0.3, -0.25) is 4.90 Å². The number of rotatable bonds is 5. The number of nitrogens with zero attached hydrogens (tertiary/aromatic N) is 4. The summed E-state index contributed by atoms with van der Waals surface area (Å²) in [4.78, 5) is 12.0. The summed E-state index contributed by atoms with van der Waals surface area (Å²) in [5, 5.41) is 11.6. The van der Waals surface area contributed by atoms with Gasteiger partial charge in [0.1, 0.15) is 35.7 Å². The van der Waals surface area contributed by atoms with Gasteiger partial charge in [0.15, 0.2) is 20.6 Å². The van der Waals surface area contributed by atoms with E-state index in [9.17, 15) is 22.3 Å². The SMILES string of the molecule is C#Cc1c(F)ccc2cc(O)cc(-c3ccc4c(N5CCC6(CC5)OCCS6(=O)=O)nc(OC[C@@]56CCCN5C[C@H](F)C6)nc4c3F)c12. The van der Waals surface area contributed by atoms with Gasteiger partial charge in [0.05, 0.1) is 23.5 Å². The van der Waals surface area contributed by atoms with Gasteiger partial charge in [0.25, 0.3) is 0 Å². The summed E-state index contributed by atoms with van der Waals surface area (Å²) >= 11 is 0. The van der Waals surface area contributed by atoms with E-state index in [0.29, 0.717) is 29.6 Å². The van der Waals surface area contributed by atoms with Crippen LogP contribution >= 0.6 is 0 Å². The van der Waals surface area contributed by atoms with Crippen molar-refractivity contribution in [2.24, 2.45) is 0 Å². The summed E-state index contributed by atoms with van der Waals surface area (Å²) in [6.45, 7) is 1.93. The maximum atomic E-state index is 16.9. The first-order valence-electron chi connectivity index (χ1n) is 16.1. The molecule has 250 valence electrons. The van der Waals surface area contributed by atoms with Crippen molar-refractivity contribution in [2.45, 2.75) is 48.7 Å². The van der Waals surface area contributed by atoms with Gasteiger partial charge >= 0.3 is 6.01 Å². The van der Waals surface area contributed by atoms with E-state index < -0.39 is 38.1 Å². The second-order valence-electron chi connectivity index (χ2n) is 13.2. The molecular weight excluding hydrogens is 645 g/mol. The highest BCUT2D eigenvalue weighted by atomic mass is 32.2. The third-order valence-corrected chi connectivity index (χ3v) is 13.0. The number of halogens is 3. The molecule has 4 aliphatic heterocycles. The molecular formula is C35H33F3N4O5S. The molecule has 0 saturated carbocycles. The molecule has 3 aromatic carbocycles. The minimum absolute atomic E-state index is 0.0249. The van der Waals surface area contributed by atoms with Crippen molar-refractivity contribution in [3.05, 3.63) is 53.6 Å². The number of terminal acetylenes is 1. The van der Waals surface area contributed by atoms with E-state index in [1.807, 2.05) is 4.90 Å². The van der Waals surface area contributed by atoms with Gasteiger partial charge in [-0.1, -0.05) is 18.1 Å². The molecule has 0 aliphatic carbocycles. The van der Waals surface area contributed by atoms with Gasteiger partial charge in [-0.2, -0.15) is 9.97 Å². The number of piperidine rings is 1. The maximum absolute atomic E-state index is 16.9. The zero-order chi connectivity index (χ0) is 33.4. The van der Waals surface area contributed by atoms with E-state index in [-0.39, 0.29) is 84.3 Å². The van der Waals surface area contributed by atoms with Crippen LogP contribution in [0.3, 0.4) is 0 Å². The number of sulfone groups is 1. The number of hydrogen-bond donors (Lipinski definition) is 1. The number of alkyl halides is 1. The Hall–Kier alpha value is -4.12. The lowest BCUT2D eigenvalue weighted by atomic mass is 9.93. The molecule has 9 nitrogen and oxygen atoms in total. The molecule has 1 aromatic heterocycles. The molecule has 8 rings (SSSR count). The predicted molar refractivity (Wildman–Crippen MR) is 174 cm³/mol. The summed E-state index contributed by atoms with van der Waals surface area (Å²) in [6, 6.07) is 8.48. The van der Waals surface area contributed by atoms with Crippen LogP contribution in [0, 0.1) is 24.0 Å². The molecule has 5 heterocycles. The van der Waals surface area contributed by atoms with Crippen LogP contribution in [0.4, 0.5) is 19.0 Å². The number of fused-ring (bicyclic) bond motifs is 3. The Balaban J connectivity index is 1.25. The average Bonchev–Trinajstić information content (AvgIpc) is 3.69. The molecule has 1 N–H and O–H groups in total. The average molecular weight is 679 g/mol. The number of anilines is 1. The van der Waals surface area contributed by atoms with Crippen LogP contribution in [0.15, 0.2) is 36.4 Å². The molecule has 0 bridgehead atoms. The number of aromatic hydroxyl groups is 1. The number of phenols is 1. The van der Waals surface area contributed by atoms with Crippen LogP contribution in [-0.2, 0) is 14.6 Å². The Morgan fingerprint density at radius 3 is 2.65 bits per heavy atom. The molecule has 1 spiro atoms. The zero-order valence-electron chi connectivity index (χ0n) is 26.0. The fourth-order valence-electron chi connectivity index (χ4n) is 8.19. The van der Waals surface area contributed by atoms with Crippen molar-refractivity contribution in [1.29, 1.82) is 0 Å². The fourth-order valence-corrected chi connectivity index (χ4v) is 9.94. The second-order valence-corrected chi connectivity index (χ2v) is 15.6. The Morgan fingerprint density at radius 1 is 1.08 bits per heavy atom. The topological polar surface area (TPSA) is 105 Å². The monoisotopic (exact) mass is 678 g/mol. The first-order valence-corrected chi connectivity index (χ1v) is 17.7. The molecule has 0 unspecified atom stereocenters. The number of ether oxygens (including phenoxy) is 2. The summed E-state index contributed by atoms with van der Waals surface area (Å²) in [5.74, 6) is 1.12. The van der Waals surface area contributed by atoms with E-state index in [1.54, 1.807) is 6.07 Å². The summed E-state index contributed by atoms with van der Waals surface area (Å²) in [7, 11) is -3.43. The minimum Gasteiger partial charge on any atom is -0.508 e. The molecule has 2 atom stereocenters. The Labute approximate surface area is 275 Å². The highest BCUT2D eigenvalue weighted by Crippen LogP contribution is 2.43. The van der Waals surface area contributed by atoms with Crippen molar-refractivity contribution in [2.75, 3.05) is 50.0 Å².